The highest BCUT2D eigenvalue weighted by molar-refractivity contribution is 6.19. The molecule has 0 aliphatic heterocycles. The summed E-state index contributed by atoms with van der Waals surface area (Å²) in [5, 5.41) is 9.26. The molecule has 0 aliphatic carbocycles. The molecule has 0 aliphatic rings. The Morgan fingerprint density at radius 3 is 1.80 bits per heavy atom. The lowest BCUT2D eigenvalue weighted by molar-refractivity contribution is 0.669. The second-order valence-electron chi connectivity index (χ2n) is 12.4. The maximum atomic E-state index is 6.48. The molecule has 0 amide bonds. The van der Waals surface area contributed by atoms with Crippen LogP contribution in [0.25, 0.3) is 99.5 Å². The third-order valence-electron chi connectivity index (χ3n) is 9.49. The fourth-order valence-corrected chi connectivity index (χ4v) is 7.03. The van der Waals surface area contributed by atoms with E-state index in [-0.39, 0.29) is 0 Å². The molecule has 0 spiro atoms. The molecule has 2 aromatic heterocycles. The number of rotatable bonds is 4. The lowest BCUT2D eigenvalue weighted by atomic mass is 9.98. The first-order chi connectivity index (χ1) is 24.2. The van der Waals surface area contributed by atoms with E-state index in [0.717, 1.165) is 49.6 Å². The molecule has 0 radical (unpaired) electrons. The van der Waals surface area contributed by atoms with Crippen LogP contribution in [0.15, 0.2) is 168 Å². The van der Waals surface area contributed by atoms with Gasteiger partial charge in [0.2, 0.25) is 0 Å². The van der Waals surface area contributed by atoms with Crippen molar-refractivity contribution in [3.8, 4) is 45.3 Å². The molecule has 4 heteroatoms. The lowest BCUT2D eigenvalue weighted by Gasteiger charge is -2.10. The molecule has 0 bridgehead atoms. The average Bonchev–Trinajstić information content (AvgIpc) is 3.55. The van der Waals surface area contributed by atoms with Gasteiger partial charge in [0, 0.05) is 27.5 Å². The molecule has 10 aromatic rings. The van der Waals surface area contributed by atoms with Crippen LogP contribution in [0.5, 0.6) is 0 Å². The SMILES string of the molecule is c1ccc(-c2nc(-c3ccc(-c4ccc5ccccc5c4)cc3)nc(-c3cccc4oc5cc6ccc7ccccc7c6cc5c34)n2)cc1. The van der Waals surface area contributed by atoms with Gasteiger partial charge in [-0.2, -0.15) is 0 Å². The molecule has 228 valence electrons. The molecule has 0 N–H and O–H groups in total. The lowest BCUT2D eigenvalue weighted by Crippen LogP contribution is -2.00. The van der Waals surface area contributed by atoms with Crippen LogP contribution in [0.4, 0.5) is 0 Å². The number of hydrogen-bond acceptors (Lipinski definition) is 4. The number of aromatic nitrogens is 3. The molecule has 10 rings (SSSR count). The Labute approximate surface area is 282 Å². The first kappa shape index (κ1) is 27.5. The number of fused-ring (bicyclic) bond motifs is 7. The molecule has 0 saturated carbocycles. The van der Waals surface area contributed by atoms with Crippen molar-refractivity contribution < 1.29 is 4.42 Å². The van der Waals surface area contributed by atoms with Crippen LogP contribution in [0.2, 0.25) is 0 Å². The smallest absolute Gasteiger partial charge is 0.164 e. The van der Waals surface area contributed by atoms with Crippen molar-refractivity contribution in [3.05, 3.63) is 164 Å². The number of hydrogen-bond donors (Lipinski definition) is 0. The summed E-state index contributed by atoms with van der Waals surface area (Å²) in [5.74, 6) is 1.85. The zero-order chi connectivity index (χ0) is 32.3. The van der Waals surface area contributed by atoms with Crippen LogP contribution in [0, 0.1) is 0 Å². The van der Waals surface area contributed by atoms with Gasteiger partial charge in [-0.3, -0.25) is 0 Å². The predicted octanol–water partition coefficient (Wildman–Crippen LogP) is 11.9. The highest BCUT2D eigenvalue weighted by Gasteiger charge is 2.19. The van der Waals surface area contributed by atoms with E-state index in [1.54, 1.807) is 0 Å². The Balaban J connectivity index is 1.15. The number of furan rings is 1. The van der Waals surface area contributed by atoms with Crippen molar-refractivity contribution in [2.24, 2.45) is 0 Å². The van der Waals surface area contributed by atoms with Crippen molar-refractivity contribution in [3.63, 3.8) is 0 Å². The minimum atomic E-state index is 0.605. The summed E-state index contributed by atoms with van der Waals surface area (Å²) in [4.78, 5) is 15.2. The maximum Gasteiger partial charge on any atom is 0.164 e. The minimum absolute atomic E-state index is 0.605. The summed E-state index contributed by atoms with van der Waals surface area (Å²) in [7, 11) is 0. The van der Waals surface area contributed by atoms with Gasteiger partial charge in [-0.1, -0.05) is 140 Å². The van der Waals surface area contributed by atoms with Gasteiger partial charge in [0.05, 0.1) is 0 Å². The summed E-state index contributed by atoms with van der Waals surface area (Å²) >= 11 is 0. The normalized spacial score (nSPS) is 11.7. The van der Waals surface area contributed by atoms with Gasteiger partial charge < -0.3 is 4.42 Å². The van der Waals surface area contributed by atoms with Crippen molar-refractivity contribution in [2.45, 2.75) is 0 Å². The number of benzene rings is 8. The van der Waals surface area contributed by atoms with Gasteiger partial charge >= 0.3 is 0 Å². The van der Waals surface area contributed by atoms with E-state index in [9.17, 15) is 0 Å². The summed E-state index contributed by atoms with van der Waals surface area (Å²) in [5.41, 5.74) is 6.72. The van der Waals surface area contributed by atoms with Crippen LogP contribution in [0.1, 0.15) is 0 Å². The van der Waals surface area contributed by atoms with Crippen LogP contribution < -0.4 is 0 Å². The molecular weight excluding hydrogens is 599 g/mol. The van der Waals surface area contributed by atoms with Crippen molar-refractivity contribution in [1.82, 2.24) is 15.0 Å². The predicted molar refractivity (Wildman–Crippen MR) is 201 cm³/mol. The summed E-state index contributed by atoms with van der Waals surface area (Å²) < 4.78 is 6.48. The average molecular weight is 626 g/mol. The quantitative estimate of drug-likeness (QED) is 0.183. The Hall–Kier alpha value is -6.65. The summed E-state index contributed by atoms with van der Waals surface area (Å²) in [6.45, 7) is 0. The molecule has 0 saturated heterocycles. The second kappa shape index (κ2) is 11.0. The Bertz CT molecular complexity index is 2870. The monoisotopic (exact) mass is 625 g/mol. The number of nitrogens with zero attached hydrogens (tertiary/aromatic N) is 3. The summed E-state index contributed by atoms with van der Waals surface area (Å²) in [6, 6.07) is 57.0. The molecular formula is C45H27N3O. The third kappa shape index (κ3) is 4.65. The molecule has 8 aromatic carbocycles. The van der Waals surface area contributed by atoms with E-state index in [1.165, 1.54) is 32.5 Å². The Kier molecular flexibility index (Phi) is 6.15. The van der Waals surface area contributed by atoms with Gasteiger partial charge in [0.25, 0.3) is 0 Å². The first-order valence-corrected chi connectivity index (χ1v) is 16.4. The molecule has 49 heavy (non-hydrogen) atoms. The van der Waals surface area contributed by atoms with Crippen LogP contribution in [0.3, 0.4) is 0 Å². The molecule has 0 unspecified atom stereocenters. The molecule has 0 fully saturated rings. The van der Waals surface area contributed by atoms with Gasteiger partial charge in [-0.15, -0.1) is 0 Å². The zero-order valence-electron chi connectivity index (χ0n) is 26.3. The van der Waals surface area contributed by atoms with Crippen LogP contribution in [-0.2, 0) is 0 Å². The largest absolute Gasteiger partial charge is 0.456 e. The molecule has 0 atom stereocenters. The van der Waals surface area contributed by atoms with Gasteiger partial charge in [0.1, 0.15) is 11.2 Å². The fourth-order valence-electron chi connectivity index (χ4n) is 7.03. The van der Waals surface area contributed by atoms with E-state index in [1.807, 2.05) is 42.5 Å². The van der Waals surface area contributed by atoms with E-state index < -0.39 is 0 Å². The van der Waals surface area contributed by atoms with E-state index in [0.29, 0.717) is 17.5 Å². The molecule has 2 heterocycles. The third-order valence-corrected chi connectivity index (χ3v) is 9.49. The maximum absolute atomic E-state index is 6.48. The van der Waals surface area contributed by atoms with E-state index in [2.05, 4.69) is 121 Å². The van der Waals surface area contributed by atoms with E-state index in [4.69, 9.17) is 19.4 Å². The van der Waals surface area contributed by atoms with Crippen molar-refractivity contribution in [2.75, 3.05) is 0 Å². The van der Waals surface area contributed by atoms with Crippen LogP contribution >= 0.6 is 0 Å². The first-order valence-electron chi connectivity index (χ1n) is 16.4. The van der Waals surface area contributed by atoms with Crippen LogP contribution in [-0.4, -0.2) is 15.0 Å². The van der Waals surface area contributed by atoms with Gasteiger partial charge in [0.15, 0.2) is 17.5 Å². The second-order valence-corrected chi connectivity index (χ2v) is 12.4. The van der Waals surface area contributed by atoms with Gasteiger partial charge in [-0.25, -0.2) is 15.0 Å². The fraction of sp³-hybridized carbons (Fsp3) is 0. The minimum Gasteiger partial charge on any atom is -0.456 e. The zero-order valence-corrected chi connectivity index (χ0v) is 26.3. The summed E-state index contributed by atoms with van der Waals surface area (Å²) in [6.07, 6.45) is 0. The van der Waals surface area contributed by atoms with E-state index >= 15 is 0 Å². The highest BCUT2D eigenvalue weighted by atomic mass is 16.3. The topological polar surface area (TPSA) is 51.8 Å². The Morgan fingerprint density at radius 2 is 0.959 bits per heavy atom. The Morgan fingerprint density at radius 1 is 0.327 bits per heavy atom. The standard InChI is InChI=1S/C45H27N3O/c1-2-11-31(12-3-1)43-46-44(32-21-17-29(18-22-32)34-23-19-28-9-4-5-13-33(28)25-34)48-45(47-43)37-15-8-16-40-42(37)39-27-38-35(26-41(39)49-40)24-20-30-10-6-7-14-36(30)38/h1-27H. The molecule has 4 nitrogen and oxygen atoms in total. The van der Waals surface area contributed by atoms with Crippen molar-refractivity contribution in [1.29, 1.82) is 0 Å². The van der Waals surface area contributed by atoms with Crippen molar-refractivity contribution >= 4 is 54.3 Å². The highest BCUT2D eigenvalue weighted by Crippen LogP contribution is 2.39. The van der Waals surface area contributed by atoms with Gasteiger partial charge in [-0.05, 0) is 67.7 Å².